The van der Waals surface area contributed by atoms with Crippen LogP contribution in [0.3, 0.4) is 0 Å². The van der Waals surface area contributed by atoms with Crippen LogP contribution in [0.1, 0.15) is 29.7 Å². The van der Waals surface area contributed by atoms with Crippen molar-refractivity contribution in [2.24, 2.45) is 10.9 Å². The molecule has 0 spiro atoms. The molecule has 3 heterocycles. The van der Waals surface area contributed by atoms with E-state index in [2.05, 4.69) is 28.0 Å². The first-order valence-corrected chi connectivity index (χ1v) is 10.1. The standard InChI is InChI=1S/C24H26FN5/c1-16-12-19(7-8-21(16)25)18(3)20-6-5-11-30(14-20)24-28-23(13-17(2)29(24)4)22-9-10-26-15-27-22/h7-10,12-13,15,20H,2-3,5-6,11,14H2,1,4H3. The van der Waals surface area contributed by atoms with Gasteiger partial charge in [0, 0.05) is 37.9 Å². The number of allylic oxidation sites excluding steroid dienone is 1. The third-order valence-electron chi connectivity index (χ3n) is 5.82. The summed E-state index contributed by atoms with van der Waals surface area (Å²) in [5, 5.41) is 0. The summed E-state index contributed by atoms with van der Waals surface area (Å²) in [7, 11) is 1.98. The van der Waals surface area contributed by atoms with Gasteiger partial charge in [0.2, 0.25) is 5.96 Å². The molecule has 154 valence electrons. The van der Waals surface area contributed by atoms with Gasteiger partial charge in [0.05, 0.1) is 11.4 Å². The van der Waals surface area contributed by atoms with Gasteiger partial charge in [0.1, 0.15) is 12.1 Å². The van der Waals surface area contributed by atoms with Crippen molar-refractivity contribution >= 4 is 17.2 Å². The van der Waals surface area contributed by atoms with Gasteiger partial charge in [0.25, 0.3) is 0 Å². The molecule has 5 nitrogen and oxygen atoms in total. The van der Waals surface area contributed by atoms with Crippen LogP contribution in [0.4, 0.5) is 4.39 Å². The van der Waals surface area contributed by atoms with E-state index in [9.17, 15) is 4.39 Å². The van der Waals surface area contributed by atoms with Gasteiger partial charge in [-0.25, -0.2) is 19.4 Å². The van der Waals surface area contributed by atoms with E-state index in [-0.39, 0.29) is 11.7 Å². The van der Waals surface area contributed by atoms with Gasteiger partial charge in [-0.1, -0.05) is 19.2 Å². The summed E-state index contributed by atoms with van der Waals surface area (Å²) in [6.45, 7) is 12.0. The molecule has 0 aliphatic carbocycles. The average molecular weight is 404 g/mol. The van der Waals surface area contributed by atoms with Crippen LogP contribution in [0.2, 0.25) is 0 Å². The van der Waals surface area contributed by atoms with Crippen LogP contribution in [-0.4, -0.2) is 45.9 Å². The fourth-order valence-corrected chi connectivity index (χ4v) is 3.98. The summed E-state index contributed by atoms with van der Waals surface area (Å²) in [6, 6.07) is 7.09. The first-order valence-electron chi connectivity index (χ1n) is 10.1. The van der Waals surface area contributed by atoms with Crippen LogP contribution in [0, 0.1) is 18.7 Å². The van der Waals surface area contributed by atoms with E-state index >= 15 is 0 Å². The molecule has 1 unspecified atom stereocenters. The van der Waals surface area contributed by atoms with Crippen LogP contribution in [0.15, 0.2) is 66.7 Å². The smallest absolute Gasteiger partial charge is 0.206 e. The number of hydrogen-bond donors (Lipinski definition) is 0. The van der Waals surface area contributed by atoms with Crippen molar-refractivity contribution in [2.45, 2.75) is 19.8 Å². The minimum Gasteiger partial charge on any atom is -0.342 e. The number of aryl methyl sites for hydroxylation is 1. The highest BCUT2D eigenvalue weighted by atomic mass is 19.1. The molecule has 4 rings (SSSR count). The van der Waals surface area contributed by atoms with Crippen molar-refractivity contribution in [3.8, 4) is 0 Å². The molecule has 1 aromatic heterocycles. The quantitative estimate of drug-likeness (QED) is 0.757. The molecule has 0 bridgehead atoms. The second-order valence-corrected chi connectivity index (χ2v) is 7.86. The van der Waals surface area contributed by atoms with Gasteiger partial charge in [-0.15, -0.1) is 0 Å². The monoisotopic (exact) mass is 403 g/mol. The van der Waals surface area contributed by atoms with E-state index in [4.69, 9.17) is 4.99 Å². The second kappa shape index (κ2) is 8.22. The molecular formula is C24H26FN5. The normalized spacial score (nSPS) is 19.4. The Morgan fingerprint density at radius 2 is 2.10 bits per heavy atom. The maximum absolute atomic E-state index is 13.7. The van der Waals surface area contributed by atoms with Gasteiger partial charge in [-0.2, -0.15) is 0 Å². The second-order valence-electron chi connectivity index (χ2n) is 7.86. The summed E-state index contributed by atoms with van der Waals surface area (Å²) >= 11 is 0. The molecule has 1 aromatic carbocycles. The predicted molar refractivity (Wildman–Crippen MR) is 119 cm³/mol. The summed E-state index contributed by atoms with van der Waals surface area (Å²) in [6.07, 6.45) is 7.27. The van der Waals surface area contributed by atoms with E-state index in [1.165, 1.54) is 12.4 Å². The van der Waals surface area contributed by atoms with E-state index in [1.807, 2.05) is 36.2 Å². The summed E-state index contributed by atoms with van der Waals surface area (Å²) < 4.78 is 13.7. The van der Waals surface area contributed by atoms with Gasteiger partial charge < -0.3 is 9.80 Å². The number of guanidine groups is 1. The van der Waals surface area contributed by atoms with Crippen molar-refractivity contribution < 1.29 is 4.39 Å². The number of piperidine rings is 1. The number of hydrogen-bond acceptors (Lipinski definition) is 5. The van der Waals surface area contributed by atoms with Gasteiger partial charge in [-0.05, 0) is 60.7 Å². The third kappa shape index (κ3) is 3.90. The SMILES string of the molecule is C=C(c1ccc(F)c(C)c1)C1CCCN(C2=NC(c3ccncn3)=CC(=C)N2C)C1. The molecular weight excluding hydrogens is 377 g/mol. The third-order valence-corrected chi connectivity index (χ3v) is 5.82. The average Bonchev–Trinajstić information content (AvgIpc) is 2.77. The Bertz CT molecular complexity index is 1040. The number of aliphatic imine (C=N–C) groups is 1. The Labute approximate surface area is 177 Å². The highest BCUT2D eigenvalue weighted by Crippen LogP contribution is 2.32. The molecule has 1 atom stereocenters. The maximum atomic E-state index is 13.7. The molecule has 2 aliphatic heterocycles. The lowest BCUT2D eigenvalue weighted by Gasteiger charge is -2.40. The first-order chi connectivity index (χ1) is 14.4. The molecule has 1 saturated heterocycles. The fourth-order valence-electron chi connectivity index (χ4n) is 3.98. The fraction of sp³-hybridized carbons (Fsp3) is 0.292. The molecule has 2 aromatic rings. The van der Waals surface area contributed by atoms with E-state index < -0.39 is 0 Å². The van der Waals surface area contributed by atoms with Gasteiger partial charge >= 0.3 is 0 Å². The minimum absolute atomic E-state index is 0.183. The highest BCUT2D eigenvalue weighted by Gasteiger charge is 2.29. The van der Waals surface area contributed by atoms with Crippen molar-refractivity contribution in [3.05, 3.63) is 84.4 Å². The molecule has 1 fully saturated rings. The summed E-state index contributed by atoms with van der Waals surface area (Å²) in [4.78, 5) is 17.5. The zero-order valence-electron chi connectivity index (χ0n) is 17.5. The number of nitrogens with zero attached hydrogens (tertiary/aromatic N) is 5. The molecule has 0 radical (unpaired) electrons. The van der Waals surface area contributed by atoms with Crippen LogP contribution in [0.25, 0.3) is 11.3 Å². The largest absolute Gasteiger partial charge is 0.342 e. The number of rotatable bonds is 3. The number of likely N-dealkylation sites (tertiary alicyclic amines) is 1. The number of aromatic nitrogens is 2. The Hall–Kier alpha value is -3.28. The lowest BCUT2D eigenvalue weighted by molar-refractivity contribution is 0.275. The topological polar surface area (TPSA) is 44.6 Å². The zero-order valence-corrected chi connectivity index (χ0v) is 17.5. The van der Waals surface area contributed by atoms with Gasteiger partial charge in [-0.3, -0.25) is 0 Å². The first kappa shape index (κ1) is 20.0. The lowest BCUT2D eigenvalue weighted by Crippen LogP contribution is -2.47. The number of halogens is 1. The zero-order chi connectivity index (χ0) is 21.3. The van der Waals surface area contributed by atoms with Crippen molar-refractivity contribution in [1.29, 1.82) is 0 Å². The Morgan fingerprint density at radius 1 is 1.27 bits per heavy atom. The van der Waals surface area contributed by atoms with Crippen molar-refractivity contribution in [1.82, 2.24) is 19.8 Å². The number of likely N-dealkylation sites (N-methyl/N-ethyl adjacent to an activating group) is 1. The molecule has 6 heteroatoms. The summed E-state index contributed by atoms with van der Waals surface area (Å²) in [5.74, 6) is 0.961. The van der Waals surface area contributed by atoms with Crippen molar-refractivity contribution in [3.63, 3.8) is 0 Å². The molecule has 0 saturated carbocycles. The predicted octanol–water partition coefficient (Wildman–Crippen LogP) is 4.51. The van der Waals surface area contributed by atoms with E-state index in [0.29, 0.717) is 5.56 Å². The minimum atomic E-state index is -0.183. The van der Waals surface area contributed by atoms with Crippen LogP contribution in [0.5, 0.6) is 0 Å². The Balaban J connectivity index is 1.58. The summed E-state index contributed by atoms with van der Waals surface area (Å²) in [5.41, 5.74) is 5.12. The molecule has 2 aliphatic rings. The Kier molecular flexibility index (Phi) is 5.48. The van der Waals surface area contributed by atoms with Crippen molar-refractivity contribution in [2.75, 3.05) is 20.1 Å². The van der Waals surface area contributed by atoms with Crippen LogP contribution in [-0.2, 0) is 0 Å². The molecule has 30 heavy (non-hydrogen) atoms. The maximum Gasteiger partial charge on any atom is 0.206 e. The molecule has 0 amide bonds. The molecule has 0 N–H and O–H groups in total. The van der Waals surface area contributed by atoms with E-state index in [1.54, 1.807) is 13.1 Å². The lowest BCUT2D eigenvalue weighted by atomic mass is 9.87. The van der Waals surface area contributed by atoms with Crippen LogP contribution >= 0.6 is 0 Å². The van der Waals surface area contributed by atoms with Gasteiger partial charge in [0.15, 0.2) is 0 Å². The number of benzene rings is 1. The van der Waals surface area contributed by atoms with E-state index in [0.717, 1.165) is 60.1 Å². The van der Waals surface area contributed by atoms with Crippen LogP contribution < -0.4 is 0 Å². The Morgan fingerprint density at radius 3 is 2.83 bits per heavy atom. The highest BCUT2D eigenvalue weighted by molar-refractivity contribution is 5.91.